The second-order valence-electron chi connectivity index (χ2n) is 3.14. The highest BCUT2D eigenvalue weighted by atomic mass is 35.5. The summed E-state index contributed by atoms with van der Waals surface area (Å²) in [5.74, 6) is -1.29. The Balaban J connectivity index is 2.78. The molecule has 0 bridgehead atoms. The molecule has 0 saturated heterocycles. The van der Waals surface area contributed by atoms with Gasteiger partial charge in [-0.25, -0.2) is 14.8 Å². The van der Waals surface area contributed by atoms with Crippen molar-refractivity contribution in [2.75, 3.05) is 7.11 Å². The van der Waals surface area contributed by atoms with Crippen molar-refractivity contribution < 1.29 is 14.6 Å². The number of aromatic carboxylic acids is 1. The molecule has 1 aromatic heterocycles. The van der Waals surface area contributed by atoms with E-state index in [0.717, 1.165) is 0 Å². The molecule has 7 heteroatoms. The Labute approximate surface area is 106 Å². The summed E-state index contributed by atoms with van der Waals surface area (Å²) in [6, 6.07) is 2.96. The minimum atomic E-state index is -1.22. The van der Waals surface area contributed by atoms with Crippen molar-refractivity contribution in [2.24, 2.45) is 0 Å². The van der Waals surface area contributed by atoms with Crippen LogP contribution in [0.2, 0.25) is 10.0 Å². The molecule has 0 unspecified atom stereocenters. The van der Waals surface area contributed by atoms with Crippen LogP contribution in [-0.2, 0) is 0 Å². The molecule has 0 spiro atoms. The van der Waals surface area contributed by atoms with E-state index in [1.807, 2.05) is 0 Å². The van der Waals surface area contributed by atoms with E-state index in [1.165, 1.54) is 19.2 Å². The van der Waals surface area contributed by atoms with Crippen LogP contribution in [0.25, 0.3) is 11.0 Å². The van der Waals surface area contributed by atoms with Gasteiger partial charge in [-0.05, 0) is 12.1 Å². The third-order valence-electron chi connectivity index (χ3n) is 2.07. The van der Waals surface area contributed by atoms with E-state index < -0.39 is 5.97 Å². The largest absolute Gasteiger partial charge is 0.479 e. The van der Waals surface area contributed by atoms with Crippen LogP contribution in [0.4, 0.5) is 0 Å². The third kappa shape index (κ3) is 2.11. The lowest BCUT2D eigenvalue weighted by Crippen LogP contribution is -2.06. The average molecular weight is 273 g/mol. The molecule has 88 valence electrons. The Morgan fingerprint density at radius 1 is 1.24 bits per heavy atom. The molecule has 5 nitrogen and oxygen atoms in total. The Morgan fingerprint density at radius 3 is 2.24 bits per heavy atom. The first-order chi connectivity index (χ1) is 8.02. The second-order valence-corrected chi connectivity index (χ2v) is 3.96. The van der Waals surface area contributed by atoms with Gasteiger partial charge in [-0.15, -0.1) is 0 Å². The number of carboxylic acid groups (broad SMARTS) is 1. The highest BCUT2D eigenvalue weighted by Gasteiger charge is 2.16. The Morgan fingerprint density at radius 2 is 1.76 bits per heavy atom. The molecular weight excluding hydrogens is 267 g/mol. The van der Waals surface area contributed by atoms with Crippen LogP contribution < -0.4 is 4.74 Å². The maximum Gasteiger partial charge on any atom is 0.360 e. The van der Waals surface area contributed by atoms with Gasteiger partial charge in [-0.3, -0.25) is 0 Å². The molecular formula is C10H6Cl2N2O3. The normalized spacial score (nSPS) is 10.5. The first-order valence-corrected chi connectivity index (χ1v) is 5.22. The van der Waals surface area contributed by atoms with Gasteiger partial charge in [0.15, 0.2) is 0 Å². The SMILES string of the molecule is COc1nc2cc(Cl)c(Cl)cc2nc1C(=O)O. The number of methoxy groups -OCH3 is 1. The molecule has 1 heterocycles. The molecule has 0 fully saturated rings. The van der Waals surface area contributed by atoms with E-state index in [-0.39, 0.29) is 16.6 Å². The fraction of sp³-hybridized carbons (Fsp3) is 0.100. The molecule has 0 saturated carbocycles. The number of nitrogens with zero attached hydrogens (tertiary/aromatic N) is 2. The highest BCUT2D eigenvalue weighted by molar-refractivity contribution is 6.42. The van der Waals surface area contributed by atoms with Gasteiger partial charge in [0.1, 0.15) is 0 Å². The minimum Gasteiger partial charge on any atom is -0.479 e. The summed E-state index contributed by atoms with van der Waals surface area (Å²) in [4.78, 5) is 18.9. The zero-order valence-corrected chi connectivity index (χ0v) is 10.1. The zero-order valence-electron chi connectivity index (χ0n) is 8.57. The third-order valence-corrected chi connectivity index (χ3v) is 2.79. The molecule has 17 heavy (non-hydrogen) atoms. The van der Waals surface area contributed by atoms with Crippen LogP contribution in [0.1, 0.15) is 10.5 Å². The zero-order chi connectivity index (χ0) is 12.6. The number of fused-ring (bicyclic) bond motifs is 1. The lowest BCUT2D eigenvalue weighted by molar-refractivity contribution is 0.0686. The van der Waals surface area contributed by atoms with Crippen molar-refractivity contribution in [1.82, 2.24) is 9.97 Å². The van der Waals surface area contributed by atoms with Gasteiger partial charge in [0.05, 0.1) is 28.2 Å². The minimum absolute atomic E-state index is 0.0663. The van der Waals surface area contributed by atoms with Gasteiger partial charge in [0.2, 0.25) is 11.6 Å². The van der Waals surface area contributed by atoms with Crippen molar-refractivity contribution in [3.8, 4) is 5.88 Å². The monoisotopic (exact) mass is 272 g/mol. The quantitative estimate of drug-likeness (QED) is 0.910. The number of benzene rings is 1. The fourth-order valence-electron chi connectivity index (χ4n) is 1.32. The molecule has 2 rings (SSSR count). The topological polar surface area (TPSA) is 72.3 Å². The summed E-state index contributed by atoms with van der Waals surface area (Å²) in [5.41, 5.74) is 0.497. The van der Waals surface area contributed by atoms with Crippen molar-refractivity contribution in [2.45, 2.75) is 0 Å². The Bertz CT molecular complexity index is 616. The van der Waals surface area contributed by atoms with Crippen LogP contribution in [0.15, 0.2) is 12.1 Å². The summed E-state index contributed by atoms with van der Waals surface area (Å²) in [5, 5.41) is 9.54. The molecule has 0 atom stereocenters. The van der Waals surface area contributed by atoms with E-state index >= 15 is 0 Å². The maximum absolute atomic E-state index is 10.9. The van der Waals surface area contributed by atoms with Crippen LogP contribution in [0.3, 0.4) is 0 Å². The van der Waals surface area contributed by atoms with E-state index in [2.05, 4.69) is 9.97 Å². The lowest BCUT2D eigenvalue weighted by Gasteiger charge is -2.05. The molecule has 0 radical (unpaired) electrons. The Kier molecular flexibility index (Phi) is 3.04. The molecule has 1 N–H and O–H groups in total. The van der Waals surface area contributed by atoms with Crippen LogP contribution in [-0.4, -0.2) is 28.2 Å². The van der Waals surface area contributed by atoms with Gasteiger partial charge in [-0.2, -0.15) is 0 Å². The predicted molar refractivity (Wildman–Crippen MR) is 63.1 cm³/mol. The van der Waals surface area contributed by atoms with Gasteiger partial charge < -0.3 is 9.84 Å². The van der Waals surface area contributed by atoms with Gasteiger partial charge >= 0.3 is 5.97 Å². The van der Waals surface area contributed by atoms with Gasteiger partial charge in [0.25, 0.3) is 0 Å². The van der Waals surface area contributed by atoms with E-state index in [4.69, 9.17) is 33.0 Å². The van der Waals surface area contributed by atoms with Gasteiger partial charge in [0, 0.05) is 0 Å². The van der Waals surface area contributed by atoms with E-state index in [0.29, 0.717) is 16.1 Å². The number of carbonyl (C=O) groups is 1. The summed E-state index contributed by atoms with van der Waals surface area (Å²) in [6.45, 7) is 0. The molecule has 0 aliphatic heterocycles. The van der Waals surface area contributed by atoms with Crippen LogP contribution >= 0.6 is 23.2 Å². The number of hydrogen-bond acceptors (Lipinski definition) is 4. The lowest BCUT2D eigenvalue weighted by atomic mass is 10.3. The van der Waals surface area contributed by atoms with Crippen molar-refractivity contribution >= 4 is 40.2 Å². The molecule has 0 aliphatic rings. The summed E-state index contributed by atoms with van der Waals surface area (Å²) < 4.78 is 4.85. The number of ether oxygens (including phenoxy) is 1. The first kappa shape index (κ1) is 11.9. The number of hydrogen-bond donors (Lipinski definition) is 1. The summed E-state index contributed by atoms with van der Waals surface area (Å²) in [7, 11) is 1.32. The summed E-state index contributed by atoms with van der Waals surface area (Å²) >= 11 is 11.6. The molecule has 2 aromatic rings. The fourth-order valence-corrected chi connectivity index (χ4v) is 1.63. The number of rotatable bonds is 2. The molecule has 0 amide bonds. The van der Waals surface area contributed by atoms with Crippen molar-refractivity contribution in [3.63, 3.8) is 0 Å². The van der Waals surface area contributed by atoms with E-state index in [1.54, 1.807) is 0 Å². The highest BCUT2D eigenvalue weighted by Crippen LogP contribution is 2.28. The maximum atomic E-state index is 10.9. The van der Waals surface area contributed by atoms with Crippen LogP contribution in [0.5, 0.6) is 5.88 Å². The second kappa shape index (κ2) is 4.35. The van der Waals surface area contributed by atoms with Crippen LogP contribution in [0, 0.1) is 0 Å². The number of aromatic nitrogens is 2. The molecule has 1 aromatic carbocycles. The van der Waals surface area contributed by atoms with E-state index in [9.17, 15) is 4.79 Å². The van der Waals surface area contributed by atoms with Gasteiger partial charge in [-0.1, -0.05) is 23.2 Å². The van der Waals surface area contributed by atoms with Crippen molar-refractivity contribution in [1.29, 1.82) is 0 Å². The Hall–Kier alpha value is -1.59. The predicted octanol–water partition coefficient (Wildman–Crippen LogP) is 2.64. The first-order valence-electron chi connectivity index (χ1n) is 4.47. The van der Waals surface area contributed by atoms with Crippen molar-refractivity contribution in [3.05, 3.63) is 27.9 Å². The standard InChI is InChI=1S/C10H6Cl2N2O3/c1-17-9-8(10(15)16)13-6-2-4(11)5(12)3-7(6)14-9/h2-3H,1H3,(H,15,16). The average Bonchev–Trinajstić information content (AvgIpc) is 2.29. The summed E-state index contributed by atoms with van der Waals surface area (Å²) in [6.07, 6.45) is 0. The smallest absolute Gasteiger partial charge is 0.360 e. The number of carboxylic acids is 1. The number of halogens is 2. The molecule has 0 aliphatic carbocycles.